The Hall–Kier alpha value is 0.350. The van der Waals surface area contributed by atoms with Crippen LogP contribution in [0.3, 0.4) is 0 Å². The van der Waals surface area contributed by atoms with Gasteiger partial charge in [0.05, 0.1) is 27.7 Å². The smallest absolute Gasteiger partial charge is 0.102 e. The molecule has 1 unspecified atom stereocenters. The lowest BCUT2D eigenvalue weighted by Crippen LogP contribution is -2.37. The van der Waals surface area contributed by atoms with E-state index < -0.39 is 0 Å². The number of quaternary nitrogens is 1. The van der Waals surface area contributed by atoms with E-state index in [4.69, 9.17) is 4.52 Å². The lowest BCUT2D eigenvalue weighted by Gasteiger charge is -2.23. The van der Waals surface area contributed by atoms with Crippen molar-refractivity contribution in [1.82, 2.24) is 0 Å². The largest absolute Gasteiger partial charge is 0.357 e. The van der Waals surface area contributed by atoms with Gasteiger partial charge in [-0.3, -0.25) is 0 Å². The van der Waals surface area contributed by atoms with Gasteiger partial charge in [-0.05, 0) is 6.16 Å². The third-order valence-electron chi connectivity index (χ3n) is 1.11. The highest BCUT2D eigenvalue weighted by Crippen LogP contribution is 2.09. The number of rotatable bonds is 5. The second-order valence-electron chi connectivity index (χ2n) is 3.36. The highest BCUT2D eigenvalue weighted by atomic mass is 31.1. The van der Waals surface area contributed by atoms with Gasteiger partial charge < -0.3 is 9.01 Å². The molecule has 0 aromatic carbocycles. The van der Waals surface area contributed by atoms with E-state index in [1.165, 1.54) is 0 Å². The van der Waals surface area contributed by atoms with Crippen LogP contribution in [-0.2, 0) is 4.52 Å². The summed E-state index contributed by atoms with van der Waals surface area (Å²) in [6, 6.07) is 0. The first-order valence-corrected chi connectivity index (χ1v) is 4.83. The van der Waals surface area contributed by atoms with Gasteiger partial charge in [0, 0.05) is 8.81 Å². The third kappa shape index (κ3) is 8.35. The summed E-state index contributed by atoms with van der Waals surface area (Å²) in [5, 5.41) is 0. The van der Waals surface area contributed by atoms with Gasteiger partial charge in [0.1, 0.15) is 6.54 Å². The molecule has 1 atom stereocenters. The summed E-state index contributed by atoms with van der Waals surface area (Å²) < 4.78 is 6.37. The maximum atomic E-state index is 5.37. The van der Waals surface area contributed by atoms with Crippen molar-refractivity contribution in [2.75, 3.05) is 40.5 Å². The Labute approximate surface area is 66.0 Å². The van der Waals surface area contributed by atoms with Crippen molar-refractivity contribution in [3.63, 3.8) is 0 Å². The van der Waals surface area contributed by atoms with Crippen molar-refractivity contribution in [1.29, 1.82) is 0 Å². The molecule has 0 saturated heterocycles. The van der Waals surface area contributed by atoms with Gasteiger partial charge >= 0.3 is 0 Å². The summed E-state index contributed by atoms with van der Waals surface area (Å²) in [6.45, 7) is 4.15. The van der Waals surface area contributed by atoms with Crippen LogP contribution in [0.25, 0.3) is 0 Å². The van der Waals surface area contributed by atoms with E-state index in [2.05, 4.69) is 28.1 Å². The van der Waals surface area contributed by atoms with Crippen LogP contribution >= 0.6 is 8.81 Å². The molecule has 0 radical (unpaired) electrons. The fourth-order valence-electron chi connectivity index (χ4n) is 0.494. The molecule has 0 rings (SSSR count). The van der Waals surface area contributed by atoms with Crippen LogP contribution in [0.15, 0.2) is 0 Å². The van der Waals surface area contributed by atoms with Gasteiger partial charge in [-0.1, -0.05) is 6.92 Å². The summed E-state index contributed by atoms with van der Waals surface area (Å²) in [6.07, 6.45) is 1.15. The SMILES string of the molecule is CCPOCC[N+](C)(C)C. The quantitative estimate of drug-likeness (QED) is 0.338. The van der Waals surface area contributed by atoms with Gasteiger partial charge in [-0.15, -0.1) is 0 Å². The minimum absolute atomic E-state index is 0.691. The molecular weight excluding hydrogens is 145 g/mol. The standard InChI is InChI=1S/C7H19NOP/c1-5-10-9-7-6-8(2,3)4/h10H,5-7H2,1-4H3/q+1. The summed E-state index contributed by atoms with van der Waals surface area (Å²) >= 11 is 0. The molecule has 0 spiro atoms. The Morgan fingerprint density at radius 1 is 1.30 bits per heavy atom. The minimum Gasteiger partial charge on any atom is -0.357 e. The van der Waals surface area contributed by atoms with E-state index in [0.29, 0.717) is 8.81 Å². The first-order valence-electron chi connectivity index (χ1n) is 3.71. The number of hydrogen-bond acceptors (Lipinski definition) is 1. The predicted octanol–water partition coefficient (Wildman–Crippen LogP) is 1.32. The molecule has 10 heavy (non-hydrogen) atoms. The van der Waals surface area contributed by atoms with Gasteiger partial charge in [-0.2, -0.15) is 0 Å². The summed E-state index contributed by atoms with van der Waals surface area (Å²) in [7, 11) is 7.23. The average molecular weight is 164 g/mol. The normalized spacial score (nSPS) is 13.2. The molecule has 0 aromatic heterocycles. The van der Waals surface area contributed by atoms with Gasteiger partial charge in [0.2, 0.25) is 0 Å². The lowest BCUT2D eigenvalue weighted by molar-refractivity contribution is -0.870. The van der Waals surface area contributed by atoms with Gasteiger partial charge in [0.15, 0.2) is 0 Å². The van der Waals surface area contributed by atoms with Gasteiger partial charge in [-0.25, -0.2) is 0 Å². The summed E-state index contributed by atoms with van der Waals surface area (Å²) in [5.41, 5.74) is 0. The second kappa shape index (κ2) is 5.06. The summed E-state index contributed by atoms with van der Waals surface area (Å²) in [4.78, 5) is 0. The molecule has 0 aliphatic rings. The van der Waals surface area contributed by atoms with Crippen LogP contribution in [0, 0.1) is 0 Å². The average Bonchev–Trinajstić information content (AvgIpc) is 1.78. The fraction of sp³-hybridized carbons (Fsp3) is 1.00. The third-order valence-corrected chi connectivity index (χ3v) is 1.81. The molecule has 0 N–H and O–H groups in total. The zero-order valence-electron chi connectivity index (χ0n) is 7.48. The second-order valence-corrected chi connectivity index (χ2v) is 4.64. The summed E-state index contributed by atoms with van der Waals surface area (Å²) in [5.74, 6) is 0. The lowest BCUT2D eigenvalue weighted by atomic mass is 10.5. The molecule has 3 heteroatoms. The van der Waals surface area contributed by atoms with E-state index in [9.17, 15) is 0 Å². The molecule has 0 bridgehead atoms. The van der Waals surface area contributed by atoms with Gasteiger partial charge in [0.25, 0.3) is 0 Å². The Morgan fingerprint density at radius 2 is 1.90 bits per heavy atom. The van der Waals surface area contributed by atoms with Crippen LogP contribution in [-0.4, -0.2) is 44.9 Å². The highest BCUT2D eigenvalue weighted by molar-refractivity contribution is 7.32. The Morgan fingerprint density at radius 3 is 2.30 bits per heavy atom. The van der Waals surface area contributed by atoms with E-state index in [0.717, 1.165) is 23.8 Å². The maximum Gasteiger partial charge on any atom is 0.102 e. The molecule has 0 fully saturated rings. The Kier molecular flexibility index (Phi) is 5.24. The van der Waals surface area contributed by atoms with Crippen LogP contribution in [0.2, 0.25) is 0 Å². The molecule has 0 aliphatic carbocycles. The van der Waals surface area contributed by atoms with Crippen molar-refractivity contribution in [3.8, 4) is 0 Å². The van der Waals surface area contributed by atoms with Crippen LogP contribution in [0.4, 0.5) is 0 Å². The fourth-order valence-corrected chi connectivity index (χ4v) is 0.933. The monoisotopic (exact) mass is 164 g/mol. The van der Waals surface area contributed by atoms with Crippen LogP contribution < -0.4 is 0 Å². The maximum absolute atomic E-state index is 5.37. The Bertz CT molecular complexity index is 80.2. The number of hydrogen-bond donors (Lipinski definition) is 0. The zero-order valence-corrected chi connectivity index (χ0v) is 8.48. The Balaban J connectivity index is 3.04. The zero-order chi connectivity index (χ0) is 8.04. The van der Waals surface area contributed by atoms with Crippen LogP contribution in [0.5, 0.6) is 0 Å². The number of likely N-dealkylation sites (N-methyl/N-ethyl adjacent to an activating group) is 1. The highest BCUT2D eigenvalue weighted by Gasteiger charge is 2.04. The first kappa shape index (κ1) is 10.3. The van der Waals surface area contributed by atoms with Crippen molar-refractivity contribution < 1.29 is 9.01 Å². The molecule has 0 aromatic rings. The van der Waals surface area contributed by atoms with E-state index in [1.54, 1.807) is 0 Å². The van der Waals surface area contributed by atoms with Crippen molar-refractivity contribution in [2.24, 2.45) is 0 Å². The van der Waals surface area contributed by atoms with Crippen molar-refractivity contribution in [3.05, 3.63) is 0 Å². The molecule has 0 aliphatic heterocycles. The number of nitrogens with zero attached hydrogens (tertiary/aromatic N) is 1. The van der Waals surface area contributed by atoms with Crippen molar-refractivity contribution in [2.45, 2.75) is 6.92 Å². The molecule has 0 saturated carbocycles. The molecular formula is C7H19NOP+. The molecule has 2 nitrogen and oxygen atoms in total. The first-order chi connectivity index (χ1) is 4.56. The molecule has 0 amide bonds. The predicted molar refractivity (Wildman–Crippen MR) is 47.7 cm³/mol. The van der Waals surface area contributed by atoms with E-state index in [-0.39, 0.29) is 0 Å². The minimum atomic E-state index is 0.691. The topological polar surface area (TPSA) is 9.23 Å². The molecule has 0 heterocycles. The van der Waals surface area contributed by atoms with E-state index >= 15 is 0 Å². The van der Waals surface area contributed by atoms with E-state index in [1.807, 2.05) is 0 Å². The molecule has 62 valence electrons. The van der Waals surface area contributed by atoms with Crippen molar-refractivity contribution >= 4 is 8.81 Å². The van der Waals surface area contributed by atoms with Crippen LogP contribution in [0.1, 0.15) is 6.92 Å².